The molecule has 5 N–H and O–H groups in total. The Labute approximate surface area is 89.3 Å². The zero-order valence-corrected chi connectivity index (χ0v) is 8.99. The highest BCUT2D eigenvalue weighted by atomic mass is 16.7. The van der Waals surface area contributed by atoms with Crippen molar-refractivity contribution in [2.24, 2.45) is 11.5 Å². The van der Waals surface area contributed by atoms with Crippen LogP contribution >= 0.6 is 0 Å². The van der Waals surface area contributed by atoms with E-state index in [4.69, 9.17) is 11.5 Å². The molecule has 1 amide bonds. The summed E-state index contributed by atoms with van der Waals surface area (Å²) >= 11 is 0. The quantitative estimate of drug-likeness (QED) is 0.408. The number of carbonyl (C=O) groups is 2. The molecule has 0 bridgehead atoms. The van der Waals surface area contributed by atoms with Crippen molar-refractivity contribution in [1.29, 1.82) is 0 Å². The lowest BCUT2D eigenvalue weighted by Gasteiger charge is -2.10. The van der Waals surface area contributed by atoms with Crippen LogP contribution in [-0.4, -0.2) is 24.5 Å². The van der Waals surface area contributed by atoms with E-state index in [-0.39, 0.29) is 6.42 Å². The minimum Gasteiger partial charge on any atom is -0.341 e. The first-order valence-corrected chi connectivity index (χ1v) is 5.07. The molecule has 6 nitrogen and oxygen atoms in total. The average molecular weight is 217 g/mol. The van der Waals surface area contributed by atoms with Gasteiger partial charge in [0.25, 0.3) is 5.91 Å². The molecule has 0 spiro atoms. The van der Waals surface area contributed by atoms with Crippen molar-refractivity contribution >= 4 is 11.9 Å². The number of nitrogens with one attached hydrogen (secondary N) is 1. The Morgan fingerprint density at radius 3 is 2.60 bits per heavy atom. The van der Waals surface area contributed by atoms with E-state index in [0.717, 1.165) is 12.8 Å². The Morgan fingerprint density at radius 1 is 1.40 bits per heavy atom. The first kappa shape index (κ1) is 13.9. The maximum absolute atomic E-state index is 11.2. The first-order chi connectivity index (χ1) is 7.11. The van der Waals surface area contributed by atoms with Crippen molar-refractivity contribution in [1.82, 2.24) is 5.48 Å². The molecule has 15 heavy (non-hydrogen) atoms. The Balaban J connectivity index is 3.64. The lowest BCUT2D eigenvalue weighted by atomic mass is 10.1. The first-order valence-electron chi connectivity index (χ1n) is 5.07. The number of hydrogen-bond donors (Lipinski definition) is 3. The van der Waals surface area contributed by atoms with Gasteiger partial charge in [-0.1, -0.05) is 13.3 Å². The summed E-state index contributed by atoms with van der Waals surface area (Å²) in [6.45, 7) is 2.22. The van der Waals surface area contributed by atoms with Crippen molar-refractivity contribution < 1.29 is 14.4 Å². The summed E-state index contributed by atoms with van der Waals surface area (Å²) < 4.78 is 0. The minimum absolute atomic E-state index is 0.211. The molecule has 1 atom stereocenters. The molecular weight excluding hydrogens is 198 g/mol. The molecule has 0 heterocycles. The number of amides is 1. The van der Waals surface area contributed by atoms with Crippen molar-refractivity contribution in [3.05, 3.63) is 0 Å². The van der Waals surface area contributed by atoms with Gasteiger partial charge >= 0.3 is 5.97 Å². The average Bonchev–Trinajstić information content (AvgIpc) is 2.25. The van der Waals surface area contributed by atoms with E-state index in [2.05, 4.69) is 4.84 Å². The second-order valence-corrected chi connectivity index (χ2v) is 3.18. The summed E-state index contributed by atoms with van der Waals surface area (Å²) in [6, 6.07) is -0.652. The van der Waals surface area contributed by atoms with Gasteiger partial charge in [-0.15, -0.1) is 0 Å². The second-order valence-electron chi connectivity index (χ2n) is 3.18. The largest absolute Gasteiger partial charge is 0.341 e. The Morgan fingerprint density at radius 2 is 2.07 bits per heavy atom. The third-order valence-corrected chi connectivity index (χ3v) is 1.86. The molecule has 0 aliphatic heterocycles. The molecule has 0 radical (unpaired) electrons. The van der Waals surface area contributed by atoms with Crippen LogP contribution in [-0.2, 0) is 14.4 Å². The van der Waals surface area contributed by atoms with Gasteiger partial charge < -0.3 is 16.3 Å². The highest BCUT2D eigenvalue weighted by Crippen LogP contribution is 1.97. The molecule has 0 aliphatic carbocycles. The summed E-state index contributed by atoms with van der Waals surface area (Å²) in [5, 5.41) is 0. The van der Waals surface area contributed by atoms with Gasteiger partial charge in [0.2, 0.25) is 0 Å². The number of unbranched alkanes of at least 4 members (excludes halogenated alkanes) is 1. The van der Waals surface area contributed by atoms with Gasteiger partial charge in [-0.25, -0.2) is 4.79 Å². The van der Waals surface area contributed by atoms with Gasteiger partial charge in [-0.3, -0.25) is 4.79 Å². The van der Waals surface area contributed by atoms with Crippen LogP contribution in [0.2, 0.25) is 0 Å². The molecule has 88 valence electrons. The van der Waals surface area contributed by atoms with Crippen molar-refractivity contribution in [3.8, 4) is 0 Å². The number of hydroxylamine groups is 1. The maximum atomic E-state index is 11.2. The molecule has 0 fully saturated rings. The molecule has 0 aromatic heterocycles. The summed E-state index contributed by atoms with van der Waals surface area (Å²) in [5.74, 6) is -0.966. The van der Waals surface area contributed by atoms with Gasteiger partial charge in [0.1, 0.15) is 0 Å². The van der Waals surface area contributed by atoms with E-state index >= 15 is 0 Å². The van der Waals surface area contributed by atoms with Crippen molar-refractivity contribution in [2.45, 2.75) is 38.6 Å². The zero-order chi connectivity index (χ0) is 11.7. The van der Waals surface area contributed by atoms with Crippen molar-refractivity contribution in [2.75, 3.05) is 6.54 Å². The number of rotatable bonds is 6. The van der Waals surface area contributed by atoms with Crippen LogP contribution in [0.25, 0.3) is 0 Å². The van der Waals surface area contributed by atoms with Gasteiger partial charge in [0.15, 0.2) is 0 Å². The Bertz CT molecular complexity index is 209. The standard InChI is InChI=1S/C9H19N3O3/c1-2-8(13)15-12-9(14)7(11)5-3-4-6-10/h7H,2-6,10-11H2,1H3,(H,12,14)/t7-/m1/s1. The van der Waals surface area contributed by atoms with Crippen LogP contribution in [0, 0.1) is 0 Å². The van der Waals surface area contributed by atoms with Crippen LogP contribution in [0.1, 0.15) is 32.6 Å². The molecule has 0 saturated heterocycles. The van der Waals surface area contributed by atoms with Gasteiger partial charge in [0.05, 0.1) is 6.04 Å². The minimum atomic E-state index is -0.652. The maximum Gasteiger partial charge on any atom is 0.331 e. The lowest BCUT2D eigenvalue weighted by Crippen LogP contribution is -2.41. The predicted octanol–water partition coefficient (Wildman–Crippen LogP) is -0.573. The number of hydrogen-bond acceptors (Lipinski definition) is 5. The Hall–Kier alpha value is -1.14. The molecule has 0 aliphatic rings. The highest BCUT2D eigenvalue weighted by Gasteiger charge is 2.13. The molecular formula is C9H19N3O3. The summed E-state index contributed by atoms with van der Waals surface area (Å²) in [5.41, 5.74) is 12.9. The zero-order valence-electron chi connectivity index (χ0n) is 8.99. The van der Waals surface area contributed by atoms with Gasteiger partial charge in [-0.05, 0) is 19.4 Å². The van der Waals surface area contributed by atoms with E-state index in [1.807, 2.05) is 5.48 Å². The summed E-state index contributed by atoms with van der Waals surface area (Å²) in [7, 11) is 0. The van der Waals surface area contributed by atoms with Crippen LogP contribution in [0.15, 0.2) is 0 Å². The fourth-order valence-electron chi connectivity index (χ4n) is 0.895. The van der Waals surface area contributed by atoms with Crippen LogP contribution in [0.4, 0.5) is 0 Å². The van der Waals surface area contributed by atoms with Crippen LogP contribution in [0.5, 0.6) is 0 Å². The van der Waals surface area contributed by atoms with Crippen LogP contribution < -0.4 is 16.9 Å². The summed E-state index contributed by atoms with van der Waals surface area (Å²) in [4.78, 5) is 26.4. The summed E-state index contributed by atoms with van der Waals surface area (Å²) in [6.07, 6.45) is 2.36. The fraction of sp³-hybridized carbons (Fsp3) is 0.778. The normalized spacial score (nSPS) is 11.9. The van der Waals surface area contributed by atoms with Gasteiger partial charge in [0, 0.05) is 6.42 Å². The van der Waals surface area contributed by atoms with E-state index < -0.39 is 17.9 Å². The third-order valence-electron chi connectivity index (χ3n) is 1.86. The molecule has 0 unspecified atom stereocenters. The SMILES string of the molecule is CCC(=O)ONC(=O)[C@H](N)CCCCN. The predicted molar refractivity (Wildman–Crippen MR) is 55.4 cm³/mol. The second kappa shape index (κ2) is 8.19. The van der Waals surface area contributed by atoms with E-state index in [1.54, 1.807) is 6.92 Å². The lowest BCUT2D eigenvalue weighted by molar-refractivity contribution is -0.158. The molecule has 0 aromatic carbocycles. The molecule has 0 rings (SSSR count). The van der Waals surface area contributed by atoms with Crippen LogP contribution in [0.3, 0.4) is 0 Å². The van der Waals surface area contributed by atoms with E-state index in [0.29, 0.717) is 13.0 Å². The molecule has 0 saturated carbocycles. The van der Waals surface area contributed by atoms with Crippen molar-refractivity contribution in [3.63, 3.8) is 0 Å². The van der Waals surface area contributed by atoms with E-state index in [9.17, 15) is 9.59 Å². The monoisotopic (exact) mass is 217 g/mol. The smallest absolute Gasteiger partial charge is 0.331 e. The number of carbonyl (C=O) groups excluding carboxylic acids is 2. The topological polar surface area (TPSA) is 107 Å². The highest BCUT2D eigenvalue weighted by molar-refractivity contribution is 5.82. The van der Waals surface area contributed by atoms with E-state index in [1.165, 1.54) is 0 Å². The molecule has 0 aromatic rings. The molecule has 6 heteroatoms. The Kier molecular flexibility index (Phi) is 7.57. The number of nitrogens with two attached hydrogens (primary N) is 2. The fourth-order valence-corrected chi connectivity index (χ4v) is 0.895. The van der Waals surface area contributed by atoms with Gasteiger partial charge in [-0.2, -0.15) is 5.48 Å². The third kappa shape index (κ3) is 6.87.